The van der Waals surface area contributed by atoms with Gasteiger partial charge in [-0.05, 0) is 24.5 Å². The minimum Gasteiger partial charge on any atom is -0.478 e. The van der Waals surface area contributed by atoms with Gasteiger partial charge in [0.25, 0.3) is 0 Å². The molecule has 0 bridgehead atoms. The Balaban J connectivity index is 1.88. The number of hydrogen-bond donors (Lipinski definition) is 1. The lowest BCUT2D eigenvalue weighted by atomic mass is 10.1. The number of carboxylic acid groups (broad SMARTS) is 1. The number of furan rings is 1. The smallest absolute Gasteiger partial charge is 0.335 e. The lowest BCUT2D eigenvalue weighted by Crippen LogP contribution is -1.94. The fourth-order valence-electron chi connectivity index (χ4n) is 2.22. The highest BCUT2D eigenvalue weighted by molar-refractivity contribution is 8.00. The van der Waals surface area contributed by atoms with Gasteiger partial charge in [-0.15, -0.1) is 5.10 Å². The zero-order chi connectivity index (χ0) is 15.3. The monoisotopic (exact) mass is 331 g/mol. The van der Waals surface area contributed by atoms with E-state index in [1.54, 1.807) is 34.6 Å². The Bertz CT molecular complexity index is 1020. The van der Waals surface area contributed by atoms with E-state index in [2.05, 4.69) is 10.1 Å². The summed E-state index contributed by atoms with van der Waals surface area (Å²) in [4.78, 5) is 16.2. The molecule has 110 valence electrons. The number of fused-ring (bicyclic) bond motifs is 2. The summed E-state index contributed by atoms with van der Waals surface area (Å²) in [5.74, 6) is -0.362. The van der Waals surface area contributed by atoms with Crippen LogP contribution in [0.1, 0.15) is 10.4 Å². The summed E-state index contributed by atoms with van der Waals surface area (Å²) in [6, 6.07) is 6.68. The number of hydrogen-bond acceptors (Lipinski definition) is 6. The van der Waals surface area contributed by atoms with E-state index in [4.69, 9.17) is 9.52 Å². The van der Waals surface area contributed by atoms with E-state index in [-0.39, 0.29) is 5.56 Å². The maximum atomic E-state index is 11.0. The molecule has 1 aromatic carbocycles. The van der Waals surface area contributed by atoms with Crippen LogP contribution in [0.5, 0.6) is 0 Å². The number of aromatic nitrogens is 3. The van der Waals surface area contributed by atoms with Crippen molar-refractivity contribution in [1.82, 2.24) is 14.6 Å². The molecule has 0 unspecified atom stereocenters. The Hall–Kier alpha value is -2.32. The molecule has 8 heteroatoms. The molecule has 0 aliphatic carbocycles. The molecular formula is C14H9N3O3S2. The molecule has 4 aromatic rings. The van der Waals surface area contributed by atoms with E-state index >= 15 is 0 Å². The first-order chi connectivity index (χ1) is 10.7. The van der Waals surface area contributed by atoms with Gasteiger partial charge in [-0.3, -0.25) is 0 Å². The zero-order valence-corrected chi connectivity index (χ0v) is 12.9. The van der Waals surface area contributed by atoms with Gasteiger partial charge in [-0.25, -0.2) is 9.78 Å². The van der Waals surface area contributed by atoms with Crippen molar-refractivity contribution in [3.63, 3.8) is 0 Å². The Kier molecular flexibility index (Phi) is 2.95. The van der Waals surface area contributed by atoms with Crippen molar-refractivity contribution in [2.45, 2.75) is 4.34 Å². The molecule has 22 heavy (non-hydrogen) atoms. The fraction of sp³-hybridized carbons (Fsp3) is 0.0714. The standard InChI is InChI=1S/C14H9N3O3S2/c1-21-14-16-17-9(6-15-13(17)22-14)11-4-7-2-3-8(12(18)19)5-10(7)20-11/h2-6H,1H3,(H,18,19). The van der Waals surface area contributed by atoms with E-state index in [9.17, 15) is 4.79 Å². The third kappa shape index (κ3) is 1.99. The second-order valence-corrected chi connectivity index (χ2v) is 6.59. The SMILES string of the molecule is CSc1nn2c(-c3cc4ccc(C(=O)O)cc4o3)cnc2s1. The highest BCUT2D eigenvalue weighted by Gasteiger charge is 2.15. The van der Waals surface area contributed by atoms with Crippen LogP contribution in [0.2, 0.25) is 0 Å². The predicted octanol–water partition coefficient (Wildman–Crippen LogP) is 3.62. The van der Waals surface area contributed by atoms with Crippen LogP contribution in [0, 0.1) is 0 Å². The molecule has 6 nitrogen and oxygen atoms in total. The predicted molar refractivity (Wildman–Crippen MR) is 84.8 cm³/mol. The molecule has 3 heterocycles. The van der Waals surface area contributed by atoms with Gasteiger partial charge < -0.3 is 9.52 Å². The van der Waals surface area contributed by atoms with Gasteiger partial charge in [0.2, 0.25) is 4.96 Å². The summed E-state index contributed by atoms with van der Waals surface area (Å²) >= 11 is 3.07. The third-order valence-corrected chi connectivity index (χ3v) is 5.16. The summed E-state index contributed by atoms with van der Waals surface area (Å²) in [6.07, 6.45) is 3.67. The number of rotatable bonds is 3. The summed E-state index contributed by atoms with van der Waals surface area (Å²) in [5.41, 5.74) is 1.48. The number of carbonyl (C=O) groups is 1. The fourth-order valence-corrected chi connectivity index (χ4v) is 3.55. The molecule has 0 spiro atoms. The first kappa shape index (κ1) is 13.4. The van der Waals surface area contributed by atoms with E-state index in [1.165, 1.54) is 17.4 Å². The topological polar surface area (TPSA) is 80.6 Å². The van der Waals surface area contributed by atoms with Crippen LogP contribution in [0.15, 0.2) is 39.2 Å². The molecule has 0 radical (unpaired) electrons. The van der Waals surface area contributed by atoms with E-state index < -0.39 is 5.97 Å². The van der Waals surface area contributed by atoms with E-state index in [0.717, 1.165) is 20.4 Å². The Morgan fingerprint density at radius 1 is 1.41 bits per heavy atom. The van der Waals surface area contributed by atoms with Crippen molar-refractivity contribution >= 4 is 45.0 Å². The van der Waals surface area contributed by atoms with E-state index in [1.807, 2.05) is 12.3 Å². The second kappa shape index (κ2) is 4.85. The molecule has 3 aromatic heterocycles. The Morgan fingerprint density at radius 2 is 2.27 bits per heavy atom. The average Bonchev–Trinajstić information content (AvgIpc) is 3.18. The van der Waals surface area contributed by atoms with Gasteiger partial charge in [0, 0.05) is 5.39 Å². The van der Waals surface area contributed by atoms with Crippen LogP contribution >= 0.6 is 23.1 Å². The number of carboxylic acids is 1. The molecule has 1 N–H and O–H groups in total. The molecular weight excluding hydrogens is 322 g/mol. The van der Waals surface area contributed by atoms with Crippen LogP contribution in [0.3, 0.4) is 0 Å². The van der Waals surface area contributed by atoms with Crippen LogP contribution < -0.4 is 0 Å². The first-order valence-electron chi connectivity index (χ1n) is 6.31. The van der Waals surface area contributed by atoms with Crippen molar-refractivity contribution in [3.8, 4) is 11.5 Å². The Labute approximate surface area is 132 Å². The van der Waals surface area contributed by atoms with Crippen molar-refractivity contribution in [3.05, 3.63) is 36.0 Å². The molecule has 0 saturated heterocycles. The summed E-state index contributed by atoms with van der Waals surface area (Å²) < 4.78 is 8.45. The average molecular weight is 331 g/mol. The van der Waals surface area contributed by atoms with Gasteiger partial charge in [0.05, 0.1) is 11.8 Å². The quantitative estimate of drug-likeness (QED) is 0.577. The van der Waals surface area contributed by atoms with Crippen molar-refractivity contribution < 1.29 is 14.3 Å². The minimum atomic E-state index is -0.976. The van der Waals surface area contributed by atoms with Crippen molar-refractivity contribution in [2.24, 2.45) is 0 Å². The molecule has 0 atom stereocenters. The Morgan fingerprint density at radius 3 is 3.05 bits per heavy atom. The molecule has 0 aliphatic heterocycles. The van der Waals surface area contributed by atoms with Gasteiger partial charge >= 0.3 is 5.97 Å². The lowest BCUT2D eigenvalue weighted by molar-refractivity contribution is 0.0697. The van der Waals surface area contributed by atoms with Gasteiger partial charge in [0.1, 0.15) is 11.3 Å². The zero-order valence-electron chi connectivity index (χ0n) is 11.3. The third-order valence-electron chi connectivity index (χ3n) is 3.26. The van der Waals surface area contributed by atoms with Crippen LogP contribution in [0.25, 0.3) is 27.4 Å². The first-order valence-corrected chi connectivity index (χ1v) is 8.35. The summed E-state index contributed by atoms with van der Waals surface area (Å²) in [5, 5.41) is 14.3. The molecule has 0 saturated carbocycles. The molecule has 0 fully saturated rings. The number of imidazole rings is 1. The highest BCUT2D eigenvalue weighted by Crippen LogP contribution is 2.31. The largest absolute Gasteiger partial charge is 0.478 e. The lowest BCUT2D eigenvalue weighted by Gasteiger charge is -1.93. The maximum absolute atomic E-state index is 11.0. The number of nitrogens with zero attached hydrogens (tertiary/aromatic N) is 3. The summed E-state index contributed by atoms with van der Waals surface area (Å²) in [7, 11) is 0. The van der Waals surface area contributed by atoms with E-state index in [0.29, 0.717) is 11.3 Å². The van der Waals surface area contributed by atoms with Gasteiger partial charge in [-0.1, -0.05) is 29.2 Å². The number of benzene rings is 1. The van der Waals surface area contributed by atoms with Crippen LogP contribution in [-0.4, -0.2) is 31.9 Å². The number of aromatic carboxylic acids is 1. The van der Waals surface area contributed by atoms with Gasteiger partial charge in [0.15, 0.2) is 10.1 Å². The molecule has 0 aliphatic rings. The van der Waals surface area contributed by atoms with Crippen molar-refractivity contribution in [2.75, 3.05) is 6.26 Å². The maximum Gasteiger partial charge on any atom is 0.335 e. The van der Waals surface area contributed by atoms with Crippen molar-refractivity contribution in [1.29, 1.82) is 0 Å². The molecule has 0 amide bonds. The number of thioether (sulfide) groups is 1. The highest BCUT2D eigenvalue weighted by atomic mass is 32.2. The van der Waals surface area contributed by atoms with Crippen LogP contribution in [0.4, 0.5) is 0 Å². The second-order valence-electron chi connectivity index (χ2n) is 4.58. The normalized spacial score (nSPS) is 11.5. The summed E-state index contributed by atoms with van der Waals surface area (Å²) in [6.45, 7) is 0. The minimum absolute atomic E-state index is 0.199. The van der Waals surface area contributed by atoms with Crippen LogP contribution in [-0.2, 0) is 0 Å². The molecule has 4 rings (SSSR count). The van der Waals surface area contributed by atoms with Gasteiger partial charge in [-0.2, -0.15) is 4.52 Å².